The molecule has 2 aliphatic rings. The lowest BCUT2D eigenvalue weighted by molar-refractivity contribution is -0.134. The van der Waals surface area contributed by atoms with Crippen LogP contribution < -0.4 is 10.6 Å². The highest BCUT2D eigenvalue weighted by Gasteiger charge is 2.40. The van der Waals surface area contributed by atoms with Crippen molar-refractivity contribution in [2.24, 2.45) is 5.92 Å². The number of fused-ring (bicyclic) bond motifs is 1. The molecule has 0 aromatic heterocycles. The van der Waals surface area contributed by atoms with Gasteiger partial charge in [0.1, 0.15) is 6.10 Å². The van der Waals surface area contributed by atoms with Gasteiger partial charge in [-0.3, -0.25) is 9.59 Å². The summed E-state index contributed by atoms with van der Waals surface area (Å²) in [7, 11) is 0. The molecule has 7 heteroatoms. The highest BCUT2D eigenvalue weighted by atomic mass is 35.5. The number of carbonyl (C=O) groups excluding carboxylic acids is 2. The van der Waals surface area contributed by atoms with Gasteiger partial charge < -0.3 is 15.4 Å². The van der Waals surface area contributed by atoms with E-state index in [-0.39, 0.29) is 29.9 Å². The second kappa shape index (κ2) is 10.9. The summed E-state index contributed by atoms with van der Waals surface area (Å²) in [6.45, 7) is 2.90. The van der Waals surface area contributed by atoms with Crippen LogP contribution in [0.1, 0.15) is 44.6 Å². The molecule has 1 aromatic carbocycles. The Morgan fingerprint density at radius 2 is 2.10 bits per heavy atom. The maximum Gasteiger partial charge on any atom is 0.286 e. The highest BCUT2D eigenvalue weighted by molar-refractivity contribution is 7.99. The molecule has 3 atom stereocenters. The van der Waals surface area contributed by atoms with Crippen LogP contribution in [0.2, 0.25) is 5.02 Å². The van der Waals surface area contributed by atoms with Gasteiger partial charge in [-0.05, 0) is 67.4 Å². The molecule has 158 valence electrons. The molecule has 2 N–H and O–H groups in total. The minimum atomic E-state index is -0.227. The lowest BCUT2D eigenvalue weighted by Gasteiger charge is -2.39. The van der Waals surface area contributed by atoms with Crippen molar-refractivity contribution >= 4 is 41.3 Å². The predicted octanol–water partition coefficient (Wildman–Crippen LogP) is 4.01. The number of carbonyl (C=O) groups is 2. The van der Waals surface area contributed by atoms with Crippen molar-refractivity contribution in [2.75, 3.05) is 18.1 Å². The van der Waals surface area contributed by atoms with E-state index in [1.165, 1.54) is 12.2 Å². The van der Waals surface area contributed by atoms with E-state index in [4.69, 9.17) is 16.3 Å². The number of rotatable bonds is 8. The molecule has 1 aromatic rings. The molecular weight excluding hydrogens is 408 g/mol. The number of amides is 2. The summed E-state index contributed by atoms with van der Waals surface area (Å²) in [5.41, 5.74) is 0.864. The third kappa shape index (κ3) is 6.41. The van der Waals surface area contributed by atoms with Crippen molar-refractivity contribution in [1.82, 2.24) is 10.6 Å². The Balaban J connectivity index is 1.48. The monoisotopic (exact) mass is 436 g/mol. The number of hydrogen-bond acceptors (Lipinski definition) is 4. The number of thioether (sulfide) groups is 1. The molecule has 5 nitrogen and oxygen atoms in total. The summed E-state index contributed by atoms with van der Waals surface area (Å²) >= 11 is 7.84. The number of nitrogens with one attached hydrogen (secondary N) is 2. The van der Waals surface area contributed by atoms with Crippen molar-refractivity contribution in [2.45, 2.75) is 51.2 Å². The quantitative estimate of drug-likeness (QED) is 0.477. The highest BCUT2D eigenvalue weighted by Crippen LogP contribution is 2.31. The van der Waals surface area contributed by atoms with E-state index in [2.05, 4.69) is 17.6 Å². The fourth-order valence-electron chi connectivity index (χ4n) is 3.72. The summed E-state index contributed by atoms with van der Waals surface area (Å²) in [6, 6.07) is 7.14. The number of hydrogen-bond donors (Lipinski definition) is 2. The first kappa shape index (κ1) is 22.0. The Morgan fingerprint density at radius 1 is 1.31 bits per heavy atom. The molecule has 0 radical (unpaired) electrons. The summed E-state index contributed by atoms with van der Waals surface area (Å²) in [6.07, 6.45) is 5.99. The molecule has 3 unspecified atom stereocenters. The average molecular weight is 437 g/mol. The zero-order chi connectivity index (χ0) is 20.6. The van der Waals surface area contributed by atoms with Gasteiger partial charge in [0, 0.05) is 17.5 Å². The van der Waals surface area contributed by atoms with Crippen LogP contribution in [0, 0.1) is 5.92 Å². The van der Waals surface area contributed by atoms with E-state index in [1.54, 1.807) is 18.2 Å². The molecular formula is C22H29ClN2O3S. The number of morpholine rings is 1. The summed E-state index contributed by atoms with van der Waals surface area (Å²) in [4.78, 5) is 24.9. The Morgan fingerprint density at radius 3 is 2.86 bits per heavy atom. The van der Waals surface area contributed by atoms with Gasteiger partial charge in [-0.15, -0.1) is 0 Å². The van der Waals surface area contributed by atoms with Crippen LogP contribution in [0.25, 0.3) is 6.08 Å². The third-order valence-corrected chi connectivity index (χ3v) is 6.78. The zero-order valence-corrected chi connectivity index (χ0v) is 18.4. The average Bonchev–Trinajstić information content (AvgIpc) is 2.72. The van der Waals surface area contributed by atoms with Crippen LogP contribution >= 0.6 is 23.4 Å². The number of ether oxygens (including phenoxy) is 1. The molecule has 1 heterocycles. The summed E-state index contributed by atoms with van der Waals surface area (Å²) in [5.74, 6) is 2.38. The molecule has 2 amide bonds. The second-order valence-corrected chi connectivity index (χ2v) is 9.22. The first-order valence-electron chi connectivity index (χ1n) is 10.4. The van der Waals surface area contributed by atoms with E-state index >= 15 is 0 Å². The molecule has 1 aliphatic carbocycles. The van der Waals surface area contributed by atoms with E-state index in [0.717, 1.165) is 37.1 Å². The van der Waals surface area contributed by atoms with Crippen molar-refractivity contribution < 1.29 is 14.3 Å². The molecule has 3 rings (SSSR count). The van der Waals surface area contributed by atoms with E-state index < -0.39 is 0 Å². The topological polar surface area (TPSA) is 67.4 Å². The van der Waals surface area contributed by atoms with Crippen LogP contribution in [-0.2, 0) is 14.3 Å². The number of benzene rings is 1. The molecule has 1 saturated carbocycles. The first-order valence-corrected chi connectivity index (χ1v) is 11.9. The first-order chi connectivity index (χ1) is 14.1. The van der Waals surface area contributed by atoms with Crippen molar-refractivity contribution in [3.63, 3.8) is 0 Å². The van der Waals surface area contributed by atoms with Gasteiger partial charge >= 0.3 is 0 Å². The maximum atomic E-state index is 12.5. The lowest BCUT2D eigenvalue weighted by atomic mass is 9.82. The molecule has 0 spiro atoms. The largest absolute Gasteiger partial charge is 0.483 e. The van der Waals surface area contributed by atoms with Gasteiger partial charge in [0.2, 0.25) is 5.91 Å². The zero-order valence-electron chi connectivity index (χ0n) is 16.8. The fraction of sp³-hybridized carbons (Fsp3) is 0.545. The van der Waals surface area contributed by atoms with Crippen LogP contribution in [-0.4, -0.2) is 42.0 Å². The Bertz CT molecular complexity index is 738. The van der Waals surface area contributed by atoms with E-state index in [0.29, 0.717) is 17.2 Å². The molecule has 1 saturated heterocycles. The van der Waals surface area contributed by atoms with E-state index in [9.17, 15) is 9.59 Å². The van der Waals surface area contributed by atoms with Gasteiger partial charge in [0.05, 0.1) is 6.04 Å². The minimum Gasteiger partial charge on any atom is -0.483 e. The smallest absolute Gasteiger partial charge is 0.286 e. The molecule has 0 bridgehead atoms. The summed E-state index contributed by atoms with van der Waals surface area (Å²) in [5, 5.41) is 6.74. The fourth-order valence-corrected chi connectivity index (χ4v) is 4.68. The molecule has 2 fully saturated rings. The van der Waals surface area contributed by atoms with Crippen molar-refractivity contribution in [3.8, 4) is 0 Å². The minimum absolute atomic E-state index is 0.0646. The lowest BCUT2D eigenvalue weighted by Crippen LogP contribution is -2.54. The van der Waals surface area contributed by atoms with Gasteiger partial charge in [0.25, 0.3) is 5.91 Å². The van der Waals surface area contributed by atoms with Crippen LogP contribution in [0.3, 0.4) is 0 Å². The maximum absolute atomic E-state index is 12.5. The van der Waals surface area contributed by atoms with Gasteiger partial charge in [-0.25, -0.2) is 0 Å². The van der Waals surface area contributed by atoms with Gasteiger partial charge in [-0.1, -0.05) is 30.7 Å². The van der Waals surface area contributed by atoms with Crippen LogP contribution in [0.15, 0.2) is 30.0 Å². The standard InChI is InChI=1S/C22H29ClN2O3S/c1-2-11-29-12-3-10-24-21(26)16-6-9-19-18(14-16)25-22(27)20(28-19)13-15-4-7-17(23)8-5-15/h4-5,7-8,13,16,18-19H,2-3,6,9-12,14H2,1H3,(H,24,26)(H,25,27)/b20-13+. The van der Waals surface area contributed by atoms with Crippen molar-refractivity contribution in [3.05, 3.63) is 40.6 Å². The third-order valence-electron chi connectivity index (χ3n) is 5.26. The van der Waals surface area contributed by atoms with Crippen molar-refractivity contribution in [1.29, 1.82) is 0 Å². The molecule has 1 aliphatic heterocycles. The normalized spacial score (nSPS) is 25.1. The summed E-state index contributed by atoms with van der Waals surface area (Å²) < 4.78 is 5.98. The van der Waals surface area contributed by atoms with Gasteiger partial charge in [0.15, 0.2) is 5.76 Å². The SMILES string of the molecule is CCCSCCCNC(=O)C1CCC2O/C(=C/c3ccc(Cl)cc3)C(=O)NC2C1. The Hall–Kier alpha value is -1.66. The van der Waals surface area contributed by atoms with Crippen LogP contribution in [0.4, 0.5) is 0 Å². The Labute approximate surface area is 182 Å². The number of halogens is 1. The van der Waals surface area contributed by atoms with Gasteiger partial charge in [-0.2, -0.15) is 11.8 Å². The Kier molecular flexibility index (Phi) is 8.30. The second-order valence-electron chi connectivity index (χ2n) is 7.56. The van der Waals surface area contributed by atoms with E-state index in [1.807, 2.05) is 23.9 Å². The van der Waals surface area contributed by atoms with Crippen LogP contribution in [0.5, 0.6) is 0 Å². The predicted molar refractivity (Wildman–Crippen MR) is 119 cm³/mol. The molecule has 29 heavy (non-hydrogen) atoms.